The number of likely N-dealkylation sites (tertiary alicyclic amines) is 1. The quantitative estimate of drug-likeness (QED) is 0.515. The molecular formula is C22H25N3OS2. The fourth-order valence-electron chi connectivity index (χ4n) is 3.81. The molecule has 2 aromatic heterocycles. The minimum absolute atomic E-state index is 0.0113. The Morgan fingerprint density at radius 2 is 2.07 bits per heavy atom. The van der Waals surface area contributed by atoms with Crippen molar-refractivity contribution >= 4 is 39.4 Å². The van der Waals surface area contributed by atoms with Crippen molar-refractivity contribution in [3.05, 3.63) is 63.3 Å². The summed E-state index contributed by atoms with van der Waals surface area (Å²) in [4.78, 5) is 22.8. The number of amides is 1. The number of rotatable bonds is 6. The number of thiophene rings is 1. The Balaban J connectivity index is 1.52. The number of aryl methyl sites for hydroxylation is 1. The molecule has 0 unspecified atom stereocenters. The van der Waals surface area contributed by atoms with Crippen molar-refractivity contribution in [2.75, 3.05) is 11.4 Å². The molecular weight excluding hydrogens is 386 g/mol. The minimum Gasteiger partial charge on any atom is -0.290 e. The average Bonchev–Trinajstić information content (AvgIpc) is 3.44. The molecule has 4 rings (SSSR count). The molecule has 0 bridgehead atoms. The predicted molar refractivity (Wildman–Crippen MR) is 117 cm³/mol. The van der Waals surface area contributed by atoms with Crippen LogP contribution in [0.1, 0.15) is 48.9 Å². The molecule has 0 N–H and O–H groups in total. The molecule has 4 nitrogen and oxygen atoms in total. The van der Waals surface area contributed by atoms with Crippen LogP contribution in [0.25, 0.3) is 0 Å². The molecule has 0 aliphatic carbocycles. The van der Waals surface area contributed by atoms with Crippen molar-refractivity contribution < 1.29 is 4.79 Å². The largest absolute Gasteiger partial charge is 0.290 e. The van der Waals surface area contributed by atoms with E-state index in [2.05, 4.69) is 46.8 Å². The number of thiazole rings is 1. The second-order valence-electron chi connectivity index (χ2n) is 7.14. The van der Waals surface area contributed by atoms with Crippen LogP contribution in [0, 0.1) is 0 Å². The molecule has 1 aromatic carbocycles. The van der Waals surface area contributed by atoms with Crippen LogP contribution in [-0.2, 0) is 17.8 Å². The Morgan fingerprint density at radius 3 is 2.75 bits per heavy atom. The summed E-state index contributed by atoms with van der Waals surface area (Å²) in [6.07, 6.45) is 3.42. The van der Waals surface area contributed by atoms with E-state index >= 15 is 0 Å². The molecule has 0 spiro atoms. The Labute approximate surface area is 174 Å². The first-order valence-electron chi connectivity index (χ1n) is 9.77. The summed E-state index contributed by atoms with van der Waals surface area (Å²) in [7, 11) is 0. The summed E-state index contributed by atoms with van der Waals surface area (Å²) in [5.74, 6) is -0.0113. The standard InChI is InChI=1S/C22H25N3OS2/c1-3-17-8-10-19(11-9-17)25(16(2)26)22-23-18(15-28-22)14-24-12-4-6-20(24)21-7-5-13-27-21/h5,7-11,13,15,20H,3-4,6,12,14H2,1-2H3/t20-/m0/s1. The van der Waals surface area contributed by atoms with Crippen LogP contribution in [0.15, 0.2) is 47.2 Å². The fourth-order valence-corrected chi connectivity index (χ4v) is 5.58. The van der Waals surface area contributed by atoms with Crippen LogP contribution >= 0.6 is 22.7 Å². The summed E-state index contributed by atoms with van der Waals surface area (Å²) in [6.45, 7) is 5.67. The van der Waals surface area contributed by atoms with E-state index in [1.807, 2.05) is 23.5 Å². The zero-order valence-corrected chi connectivity index (χ0v) is 17.9. The number of carbonyl (C=O) groups is 1. The minimum atomic E-state index is -0.0113. The molecule has 3 heterocycles. The van der Waals surface area contributed by atoms with Gasteiger partial charge in [0, 0.05) is 29.8 Å². The van der Waals surface area contributed by atoms with Gasteiger partial charge in [0.1, 0.15) is 0 Å². The fraction of sp³-hybridized carbons (Fsp3) is 0.364. The van der Waals surface area contributed by atoms with E-state index in [0.29, 0.717) is 6.04 Å². The summed E-state index contributed by atoms with van der Waals surface area (Å²) in [5, 5.41) is 5.00. The van der Waals surface area contributed by atoms with Gasteiger partial charge < -0.3 is 0 Å². The van der Waals surface area contributed by atoms with Crippen molar-refractivity contribution in [3.8, 4) is 0 Å². The van der Waals surface area contributed by atoms with Crippen LogP contribution in [0.5, 0.6) is 0 Å². The van der Waals surface area contributed by atoms with Crippen molar-refractivity contribution in [3.63, 3.8) is 0 Å². The van der Waals surface area contributed by atoms with Crippen molar-refractivity contribution in [2.24, 2.45) is 0 Å². The number of anilines is 2. The highest BCUT2D eigenvalue weighted by Gasteiger charge is 2.27. The monoisotopic (exact) mass is 411 g/mol. The van der Waals surface area contributed by atoms with E-state index in [-0.39, 0.29) is 5.91 Å². The lowest BCUT2D eigenvalue weighted by atomic mass is 10.1. The van der Waals surface area contributed by atoms with Crippen molar-refractivity contribution in [1.82, 2.24) is 9.88 Å². The highest BCUT2D eigenvalue weighted by molar-refractivity contribution is 7.14. The zero-order valence-electron chi connectivity index (χ0n) is 16.3. The molecule has 1 fully saturated rings. The van der Waals surface area contributed by atoms with Gasteiger partial charge >= 0.3 is 0 Å². The number of carbonyl (C=O) groups excluding carboxylic acids is 1. The van der Waals surface area contributed by atoms with Gasteiger partial charge in [0.05, 0.1) is 11.4 Å². The molecule has 1 aliphatic rings. The van der Waals surface area contributed by atoms with E-state index < -0.39 is 0 Å². The van der Waals surface area contributed by atoms with Gasteiger partial charge in [-0.3, -0.25) is 14.6 Å². The second kappa shape index (κ2) is 8.55. The van der Waals surface area contributed by atoms with E-state index in [0.717, 1.165) is 36.0 Å². The van der Waals surface area contributed by atoms with Gasteiger partial charge in [-0.1, -0.05) is 25.1 Å². The summed E-state index contributed by atoms with van der Waals surface area (Å²) < 4.78 is 0. The van der Waals surface area contributed by atoms with Gasteiger partial charge in [-0.25, -0.2) is 4.98 Å². The maximum Gasteiger partial charge on any atom is 0.230 e. The van der Waals surface area contributed by atoms with Crippen LogP contribution < -0.4 is 4.90 Å². The van der Waals surface area contributed by atoms with Crippen LogP contribution in [0.2, 0.25) is 0 Å². The Hall–Kier alpha value is -2.02. The first kappa shape index (κ1) is 19.3. The number of aromatic nitrogens is 1. The van der Waals surface area contributed by atoms with E-state index in [9.17, 15) is 4.79 Å². The third kappa shape index (κ3) is 4.04. The van der Waals surface area contributed by atoms with E-state index in [1.165, 1.54) is 23.3 Å². The molecule has 1 atom stereocenters. The number of hydrogen-bond acceptors (Lipinski definition) is 5. The van der Waals surface area contributed by atoms with Gasteiger partial charge in [-0.15, -0.1) is 22.7 Å². The number of nitrogens with zero attached hydrogens (tertiary/aromatic N) is 3. The highest BCUT2D eigenvalue weighted by Crippen LogP contribution is 2.36. The Morgan fingerprint density at radius 1 is 1.25 bits per heavy atom. The van der Waals surface area contributed by atoms with Crippen LogP contribution in [0.4, 0.5) is 10.8 Å². The highest BCUT2D eigenvalue weighted by atomic mass is 32.1. The lowest BCUT2D eigenvalue weighted by Crippen LogP contribution is -2.24. The van der Waals surface area contributed by atoms with Gasteiger partial charge in [0.2, 0.25) is 5.91 Å². The molecule has 0 saturated carbocycles. The van der Waals surface area contributed by atoms with Crippen molar-refractivity contribution in [1.29, 1.82) is 0 Å². The van der Waals surface area contributed by atoms with Crippen molar-refractivity contribution in [2.45, 2.75) is 45.7 Å². The molecule has 1 aliphatic heterocycles. The molecule has 3 aromatic rings. The lowest BCUT2D eigenvalue weighted by molar-refractivity contribution is -0.115. The lowest BCUT2D eigenvalue weighted by Gasteiger charge is -2.22. The van der Waals surface area contributed by atoms with Gasteiger partial charge in [0.25, 0.3) is 0 Å². The van der Waals surface area contributed by atoms with Gasteiger partial charge in [-0.2, -0.15) is 0 Å². The first-order chi connectivity index (χ1) is 13.7. The summed E-state index contributed by atoms with van der Waals surface area (Å²) in [5.41, 5.74) is 3.18. The third-order valence-corrected chi connectivity index (χ3v) is 7.10. The Bertz CT molecular complexity index is 918. The first-order valence-corrected chi connectivity index (χ1v) is 11.5. The third-order valence-electron chi connectivity index (χ3n) is 5.25. The number of benzene rings is 1. The summed E-state index contributed by atoms with van der Waals surface area (Å²) >= 11 is 3.38. The molecule has 1 saturated heterocycles. The molecule has 146 valence electrons. The number of hydrogen-bond donors (Lipinski definition) is 0. The van der Waals surface area contributed by atoms with E-state index in [1.54, 1.807) is 23.2 Å². The normalized spacial score (nSPS) is 17.1. The Kier molecular flexibility index (Phi) is 5.90. The maximum atomic E-state index is 12.3. The molecule has 28 heavy (non-hydrogen) atoms. The smallest absolute Gasteiger partial charge is 0.230 e. The second-order valence-corrected chi connectivity index (χ2v) is 8.96. The van der Waals surface area contributed by atoms with E-state index in [4.69, 9.17) is 4.98 Å². The SMILES string of the molecule is CCc1ccc(N(C(C)=O)c2nc(CN3CCC[C@H]3c3cccs3)cs2)cc1. The predicted octanol–water partition coefficient (Wildman–Crippen LogP) is 5.79. The molecule has 0 radical (unpaired) electrons. The average molecular weight is 412 g/mol. The zero-order chi connectivity index (χ0) is 19.5. The molecule has 1 amide bonds. The summed E-state index contributed by atoms with van der Waals surface area (Å²) in [6, 6.07) is 13.0. The maximum absolute atomic E-state index is 12.3. The topological polar surface area (TPSA) is 36.4 Å². The van der Waals surface area contributed by atoms with Gasteiger partial charge in [0.15, 0.2) is 5.13 Å². The van der Waals surface area contributed by atoms with Crippen LogP contribution in [-0.4, -0.2) is 22.3 Å². The van der Waals surface area contributed by atoms with Gasteiger partial charge in [-0.05, 0) is 54.9 Å². The van der Waals surface area contributed by atoms with Crippen LogP contribution in [0.3, 0.4) is 0 Å². The molecule has 6 heteroatoms.